The second-order valence-electron chi connectivity index (χ2n) is 5.91. The van der Waals surface area contributed by atoms with Crippen LogP contribution < -0.4 is 5.32 Å². The Kier molecular flexibility index (Phi) is 4.62. The third-order valence-electron chi connectivity index (χ3n) is 4.17. The number of amides is 1. The van der Waals surface area contributed by atoms with Crippen LogP contribution >= 0.6 is 23.2 Å². The van der Waals surface area contributed by atoms with Crippen molar-refractivity contribution in [2.24, 2.45) is 5.92 Å². The number of benzene rings is 2. The predicted octanol–water partition coefficient (Wildman–Crippen LogP) is 4.02. The van der Waals surface area contributed by atoms with Gasteiger partial charge in [-0.05, 0) is 42.5 Å². The summed E-state index contributed by atoms with van der Waals surface area (Å²) < 4.78 is 0. The zero-order valence-electron chi connectivity index (χ0n) is 12.4. The third kappa shape index (κ3) is 3.69. The standard InChI is InChI=1S/C18H17Cl2NO2/c19-15-8-12(9-16(20)10-15)17(22)21-11-18(23,14-6-7-14)13-4-2-1-3-5-13/h1-5,8-10,14,23H,6-7,11H2,(H,21,22). The molecule has 1 saturated carbocycles. The van der Waals surface area contributed by atoms with Crippen molar-refractivity contribution < 1.29 is 9.90 Å². The van der Waals surface area contributed by atoms with Gasteiger partial charge in [-0.25, -0.2) is 0 Å². The van der Waals surface area contributed by atoms with E-state index in [1.54, 1.807) is 18.2 Å². The lowest BCUT2D eigenvalue weighted by atomic mass is 9.88. The van der Waals surface area contributed by atoms with Gasteiger partial charge in [-0.2, -0.15) is 0 Å². The summed E-state index contributed by atoms with van der Waals surface area (Å²) in [6.07, 6.45) is 1.93. The molecule has 2 N–H and O–H groups in total. The van der Waals surface area contributed by atoms with Gasteiger partial charge in [0.2, 0.25) is 0 Å². The van der Waals surface area contributed by atoms with Gasteiger partial charge < -0.3 is 10.4 Å². The average Bonchev–Trinajstić information content (AvgIpc) is 3.37. The van der Waals surface area contributed by atoms with Crippen LogP contribution in [-0.4, -0.2) is 17.6 Å². The average molecular weight is 350 g/mol. The summed E-state index contributed by atoms with van der Waals surface area (Å²) in [5.74, 6) is -0.127. The number of hydrogen-bond acceptors (Lipinski definition) is 2. The molecule has 23 heavy (non-hydrogen) atoms. The van der Waals surface area contributed by atoms with Crippen LogP contribution in [0.15, 0.2) is 48.5 Å². The highest BCUT2D eigenvalue weighted by molar-refractivity contribution is 6.35. The largest absolute Gasteiger partial charge is 0.383 e. The predicted molar refractivity (Wildman–Crippen MR) is 91.9 cm³/mol. The molecule has 1 amide bonds. The van der Waals surface area contributed by atoms with Crippen LogP contribution in [0.5, 0.6) is 0 Å². The normalized spacial score (nSPS) is 16.7. The highest BCUT2D eigenvalue weighted by Crippen LogP contribution is 2.45. The Hall–Kier alpha value is -1.55. The Morgan fingerprint density at radius 1 is 1.13 bits per heavy atom. The zero-order chi connectivity index (χ0) is 16.4. The molecule has 5 heteroatoms. The van der Waals surface area contributed by atoms with Crippen molar-refractivity contribution in [3.05, 3.63) is 69.7 Å². The van der Waals surface area contributed by atoms with E-state index in [1.807, 2.05) is 30.3 Å². The SMILES string of the molecule is O=C(NCC(O)(c1ccccc1)C1CC1)c1cc(Cl)cc(Cl)c1. The number of nitrogens with one attached hydrogen (secondary N) is 1. The molecular weight excluding hydrogens is 333 g/mol. The minimum atomic E-state index is -1.04. The number of halogens is 2. The Morgan fingerprint density at radius 3 is 2.30 bits per heavy atom. The maximum absolute atomic E-state index is 12.3. The van der Waals surface area contributed by atoms with E-state index in [-0.39, 0.29) is 18.4 Å². The smallest absolute Gasteiger partial charge is 0.251 e. The topological polar surface area (TPSA) is 49.3 Å². The molecule has 3 rings (SSSR count). The first-order chi connectivity index (χ1) is 11.0. The summed E-state index contributed by atoms with van der Waals surface area (Å²) in [5.41, 5.74) is 0.167. The molecule has 0 spiro atoms. The van der Waals surface area contributed by atoms with Crippen molar-refractivity contribution in [2.45, 2.75) is 18.4 Å². The lowest BCUT2D eigenvalue weighted by Crippen LogP contribution is -2.42. The van der Waals surface area contributed by atoms with E-state index in [2.05, 4.69) is 5.32 Å². The van der Waals surface area contributed by atoms with Gasteiger partial charge >= 0.3 is 0 Å². The second-order valence-corrected chi connectivity index (χ2v) is 6.78. The number of carbonyl (C=O) groups is 1. The van der Waals surface area contributed by atoms with E-state index in [4.69, 9.17) is 23.2 Å². The van der Waals surface area contributed by atoms with E-state index in [9.17, 15) is 9.90 Å². The van der Waals surface area contributed by atoms with Gasteiger partial charge in [0.25, 0.3) is 5.91 Å². The Labute approximate surface area is 145 Å². The molecule has 0 heterocycles. The first-order valence-corrected chi connectivity index (χ1v) is 8.27. The first-order valence-electron chi connectivity index (χ1n) is 7.51. The van der Waals surface area contributed by atoms with Crippen molar-refractivity contribution in [3.63, 3.8) is 0 Å². The van der Waals surface area contributed by atoms with Crippen LogP contribution in [0.4, 0.5) is 0 Å². The van der Waals surface area contributed by atoms with Crippen molar-refractivity contribution in [1.29, 1.82) is 0 Å². The molecule has 1 aliphatic carbocycles. The Bertz CT molecular complexity index is 696. The zero-order valence-corrected chi connectivity index (χ0v) is 13.9. The maximum Gasteiger partial charge on any atom is 0.251 e. The molecule has 1 aliphatic rings. The molecule has 3 nitrogen and oxygen atoms in total. The molecule has 0 bridgehead atoms. The molecule has 0 saturated heterocycles. The van der Waals surface area contributed by atoms with Gasteiger partial charge in [0.05, 0.1) is 6.54 Å². The van der Waals surface area contributed by atoms with Gasteiger partial charge in [-0.1, -0.05) is 53.5 Å². The quantitative estimate of drug-likeness (QED) is 0.856. The highest BCUT2D eigenvalue weighted by atomic mass is 35.5. The molecule has 120 valence electrons. The first kappa shape index (κ1) is 16.3. The minimum Gasteiger partial charge on any atom is -0.383 e. The summed E-state index contributed by atoms with van der Waals surface area (Å²) in [6.45, 7) is 0.157. The van der Waals surface area contributed by atoms with Crippen LogP contribution in [0, 0.1) is 5.92 Å². The number of hydrogen-bond donors (Lipinski definition) is 2. The molecular formula is C18H17Cl2NO2. The Morgan fingerprint density at radius 2 is 1.74 bits per heavy atom. The van der Waals surface area contributed by atoms with E-state index < -0.39 is 5.60 Å². The molecule has 0 aromatic heterocycles. The number of rotatable bonds is 5. The van der Waals surface area contributed by atoms with E-state index in [1.165, 1.54) is 0 Å². The molecule has 1 unspecified atom stereocenters. The van der Waals surface area contributed by atoms with Crippen molar-refractivity contribution >= 4 is 29.1 Å². The maximum atomic E-state index is 12.3. The van der Waals surface area contributed by atoms with Crippen LogP contribution in [0.3, 0.4) is 0 Å². The van der Waals surface area contributed by atoms with Crippen molar-refractivity contribution in [3.8, 4) is 0 Å². The molecule has 0 aliphatic heterocycles. The van der Waals surface area contributed by atoms with Crippen molar-refractivity contribution in [1.82, 2.24) is 5.32 Å². The fraction of sp³-hybridized carbons (Fsp3) is 0.278. The summed E-state index contributed by atoms with van der Waals surface area (Å²) in [6, 6.07) is 14.2. The highest BCUT2D eigenvalue weighted by Gasteiger charge is 2.45. The number of aliphatic hydroxyl groups is 1. The van der Waals surface area contributed by atoms with Crippen LogP contribution in [0.2, 0.25) is 10.0 Å². The third-order valence-corrected chi connectivity index (χ3v) is 4.61. The minimum absolute atomic E-state index is 0.157. The fourth-order valence-electron chi connectivity index (χ4n) is 2.77. The van der Waals surface area contributed by atoms with E-state index in [0.717, 1.165) is 18.4 Å². The second kappa shape index (κ2) is 6.52. The van der Waals surface area contributed by atoms with Gasteiger partial charge in [-0.15, -0.1) is 0 Å². The van der Waals surface area contributed by atoms with E-state index in [0.29, 0.717) is 15.6 Å². The van der Waals surface area contributed by atoms with Gasteiger partial charge in [-0.3, -0.25) is 4.79 Å². The van der Waals surface area contributed by atoms with Crippen LogP contribution in [0.25, 0.3) is 0 Å². The lowest BCUT2D eigenvalue weighted by Gasteiger charge is -2.29. The van der Waals surface area contributed by atoms with Crippen molar-refractivity contribution in [2.75, 3.05) is 6.54 Å². The summed E-state index contributed by atoms with van der Waals surface area (Å²) in [5, 5.41) is 14.7. The summed E-state index contributed by atoms with van der Waals surface area (Å²) in [7, 11) is 0. The molecule has 1 atom stereocenters. The lowest BCUT2D eigenvalue weighted by molar-refractivity contribution is 0.0135. The summed E-state index contributed by atoms with van der Waals surface area (Å²) in [4.78, 5) is 12.3. The Balaban J connectivity index is 1.76. The number of carbonyl (C=O) groups excluding carboxylic acids is 1. The van der Waals surface area contributed by atoms with E-state index >= 15 is 0 Å². The molecule has 0 radical (unpaired) electrons. The van der Waals surface area contributed by atoms with Crippen LogP contribution in [-0.2, 0) is 5.60 Å². The van der Waals surface area contributed by atoms with Gasteiger partial charge in [0.15, 0.2) is 0 Å². The molecule has 2 aromatic rings. The summed E-state index contributed by atoms with van der Waals surface area (Å²) >= 11 is 11.9. The van der Waals surface area contributed by atoms with Crippen LogP contribution in [0.1, 0.15) is 28.8 Å². The van der Waals surface area contributed by atoms with Gasteiger partial charge in [0, 0.05) is 15.6 Å². The monoisotopic (exact) mass is 349 g/mol. The van der Waals surface area contributed by atoms with Gasteiger partial charge in [0.1, 0.15) is 5.60 Å². The molecule has 2 aromatic carbocycles. The fourth-order valence-corrected chi connectivity index (χ4v) is 3.30. The molecule has 1 fully saturated rings.